The first-order valence-corrected chi connectivity index (χ1v) is 23.8. The van der Waals surface area contributed by atoms with E-state index in [1.54, 1.807) is 36.4 Å². The number of amides is 2. The van der Waals surface area contributed by atoms with E-state index in [2.05, 4.69) is 40.5 Å². The Hall–Kier alpha value is -8.33. The number of sulfonamides is 2. The van der Waals surface area contributed by atoms with Gasteiger partial charge < -0.3 is 41.3 Å². The fourth-order valence-corrected chi connectivity index (χ4v) is 8.26. The fourth-order valence-electron chi connectivity index (χ4n) is 5.69. The second-order valence-electron chi connectivity index (χ2n) is 14.3. The van der Waals surface area contributed by atoms with Crippen LogP contribution in [0.15, 0.2) is 187 Å². The largest absolute Gasteiger partial charge is 3.00 e. The van der Waals surface area contributed by atoms with Crippen molar-refractivity contribution in [2.24, 2.45) is 20.5 Å². The Labute approximate surface area is 435 Å². The minimum Gasteiger partial charge on any atom is -0.510 e. The number of phenolic OH excluding ortho intramolecular Hbond substituents is 2. The molecule has 0 bridgehead atoms. The van der Waals surface area contributed by atoms with Crippen molar-refractivity contribution in [3.05, 3.63) is 178 Å². The van der Waals surface area contributed by atoms with Gasteiger partial charge >= 0.3 is 28.7 Å². The molecule has 2 amide bonds. The summed E-state index contributed by atoms with van der Waals surface area (Å²) in [7, 11) is -8.55. The van der Waals surface area contributed by atoms with Crippen LogP contribution in [0.4, 0.5) is 34.1 Å². The number of nitrogens with one attached hydrogen (secondary N) is 4. The minimum atomic E-state index is -4.28. The average molecular weight is 1120 g/mol. The molecule has 0 spiro atoms. The number of aromatic hydroxyl groups is 2. The number of phenols is 2. The molecule has 27 heteroatoms. The quantitative estimate of drug-likeness (QED) is 0.0245. The molecule has 73 heavy (non-hydrogen) atoms. The summed E-state index contributed by atoms with van der Waals surface area (Å²) in [6, 6.07) is 29.8. The van der Waals surface area contributed by atoms with Gasteiger partial charge in [0.15, 0.2) is 11.4 Å². The van der Waals surface area contributed by atoms with Gasteiger partial charge in [0.25, 0.3) is 31.9 Å². The summed E-state index contributed by atoms with van der Waals surface area (Å²) in [4.78, 5) is 46.9. The Morgan fingerprint density at radius 1 is 0.479 bits per heavy atom. The number of hydrogen-bond donors (Lipinski definition) is 10. The van der Waals surface area contributed by atoms with E-state index in [-0.39, 0.29) is 81.9 Å². The van der Waals surface area contributed by atoms with Gasteiger partial charge in [-0.05, 0) is 86.6 Å². The predicted octanol–water partition coefficient (Wildman–Crippen LogP) is 10.1. The van der Waals surface area contributed by atoms with Crippen molar-refractivity contribution in [1.82, 2.24) is 0 Å². The molecule has 0 aromatic heterocycles. The maximum atomic E-state index is 12.7. The van der Waals surface area contributed by atoms with E-state index < -0.39 is 78.2 Å². The third-order valence-corrected chi connectivity index (χ3v) is 12.6. The van der Waals surface area contributed by atoms with E-state index >= 15 is 0 Å². The summed E-state index contributed by atoms with van der Waals surface area (Å²) >= 11 is 12.0. The number of aliphatic hydroxyl groups is 2. The molecule has 0 aliphatic heterocycles. The molecule has 6 rings (SSSR count). The van der Waals surface area contributed by atoms with E-state index in [4.69, 9.17) is 23.2 Å². The number of azo groups is 2. The number of carboxylic acids is 2. The number of rotatable bonds is 16. The van der Waals surface area contributed by atoms with Crippen LogP contribution in [0, 0.1) is 0 Å². The zero-order valence-electron chi connectivity index (χ0n) is 37.3. The molecule has 0 saturated carbocycles. The van der Waals surface area contributed by atoms with Crippen LogP contribution in [0.25, 0.3) is 0 Å². The molecule has 0 atom stereocenters. The van der Waals surface area contributed by atoms with Crippen LogP contribution >= 0.6 is 23.2 Å². The summed E-state index contributed by atoms with van der Waals surface area (Å²) in [5, 5.41) is 79.1. The Kier molecular flexibility index (Phi) is 19.7. The number of para-hydroxylation sites is 4. The van der Waals surface area contributed by atoms with Crippen molar-refractivity contribution < 1.29 is 83.4 Å². The number of aliphatic hydroxyl groups excluding tert-OH is 2. The molecule has 6 aromatic carbocycles. The van der Waals surface area contributed by atoms with E-state index in [0.717, 1.165) is 36.4 Å². The first kappa shape index (κ1) is 57.2. The van der Waals surface area contributed by atoms with Crippen molar-refractivity contribution in [2.45, 2.75) is 23.6 Å². The Morgan fingerprint density at radius 3 is 1.10 bits per heavy atom. The van der Waals surface area contributed by atoms with Gasteiger partial charge in [-0.3, -0.25) is 19.0 Å². The molecule has 6 aromatic rings. The predicted molar refractivity (Wildman–Crippen MR) is 264 cm³/mol. The number of carboxylic acid groups (broad SMARTS) is 2. The first-order chi connectivity index (χ1) is 34.0. The smallest absolute Gasteiger partial charge is 0.510 e. The van der Waals surface area contributed by atoms with Crippen LogP contribution in [-0.4, -0.2) is 71.2 Å². The van der Waals surface area contributed by atoms with Crippen molar-refractivity contribution in [3.63, 3.8) is 0 Å². The Balaban J connectivity index is 0.000000312. The van der Waals surface area contributed by atoms with Crippen molar-refractivity contribution in [2.75, 3.05) is 20.1 Å². The third kappa shape index (κ3) is 15.3. The molecule has 22 nitrogen and oxygen atoms in total. The molecule has 10 N–H and O–H groups in total. The number of anilines is 4. The molecule has 0 aliphatic carbocycles. The standard InChI is InChI=1S/2C23H19ClN4O7S.Co/c2*1-13(29)21(22(31)25-18-9-5-3-7-16(18)24)27-26-19-11-10-14(12-20(19)30)36(34,35)28-17-8-4-2-6-15(17)23(32)33;/h2*2-12,28-30H,1H3,(H,25,31)(H,32,33);/q;;+3/b2*21-13-,27-26?;. The van der Waals surface area contributed by atoms with E-state index in [1.807, 2.05) is 0 Å². The zero-order chi connectivity index (χ0) is 52.9. The number of hydrogen-bond acceptors (Lipinski definition) is 16. The number of aromatic carboxylic acids is 2. The van der Waals surface area contributed by atoms with Gasteiger partial charge in [-0.15, -0.1) is 20.5 Å². The van der Waals surface area contributed by atoms with Crippen molar-refractivity contribution in [1.29, 1.82) is 0 Å². The molecule has 0 unspecified atom stereocenters. The molecular weight excluding hydrogens is 1080 g/mol. The number of nitrogens with zero attached hydrogens (tertiary/aromatic N) is 4. The molecule has 0 aliphatic rings. The van der Waals surface area contributed by atoms with E-state index in [0.29, 0.717) is 0 Å². The van der Waals surface area contributed by atoms with Crippen LogP contribution in [0.1, 0.15) is 34.6 Å². The molecule has 0 fully saturated rings. The summed E-state index contributed by atoms with van der Waals surface area (Å²) in [6.07, 6.45) is 0. The van der Waals surface area contributed by atoms with Crippen LogP contribution in [0.2, 0.25) is 10.0 Å². The number of benzene rings is 6. The Morgan fingerprint density at radius 2 is 0.795 bits per heavy atom. The average Bonchev–Trinajstić information content (AvgIpc) is 3.31. The van der Waals surface area contributed by atoms with Crippen LogP contribution in [0.3, 0.4) is 0 Å². The second-order valence-corrected chi connectivity index (χ2v) is 18.5. The molecule has 0 saturated heterocycles. The number of halogens is 2. The van der Waals surface area contributed by atoms with Crippen LogP contribution < -0.4 is 20.1 Å². The topological polar surface area (TPSA) is 355 Å². The van der Waals surface area contributed by atoms with Gasteiger partial charge in [0, 0.05) is 12.1 Å². The monoisotopic (exact) mass is 1120 g/mol. The third-order valence-electron chi connectivity index (χ3n) is 9.19. The second kappa shape index (κ2) is 25.2. The summed E-state index contributed by atoms with van der Waals surface area (Å²) < 4.78 is 55.2. The summed E-state index contributed by atoms with van der Waals surface area (Å²) in [5.41, 5.74) is -1.66. The van der Waals surface area contributed by atoms with Gasteiger partial charge in [-0.1, -0.05) is 71.7 Å². The van der Waals surface area contributed by atoms with E-state index in [1.165, 1.54) is 74.5 Å². The first-order valence-electron chi connectivity index (χ1n) is 20.1. The molecular formula is C46H38Cl2CoN8O14S2+3. The molecule has 0 heterocycles. The zero-order valence-corrected chi connectivity index (χ0v) is 41.5. The Bertz CT molecular complexity index is 3230. The van der Waals surface area contributed by atoms with E-state index in [9.17, 15) is 66.7 Å². The number of allylic oxidation sites excluding steroid dienone is 2. The van der Waals surface area contributed by atoms with Gasteiger partial charge in [0.1, 0.15) is 34.4 Å². The molecule has 378 valence electrons. The fraction of sp³-hybridized carbons (Fsp3) is 0.0435. The van der Waals surface area contributed by atoms with Gasteiger partial charge in [0.05, 0.1) is 53.7 Å². The maximum Gasteiger partial charge on any atom is 3.00 e. The number of carbonyl (C=O) groups excluding carboxylic acids is 2. The minimum absolute atomic E-state index is 0. The van der Waals surface area contributed by atoms with Crippen molar-refractivity contribution in [3.8, 4) is 11.5 Å². The van der Waals surface area contributed by atoms with Gasteiger partial charge in [-0.2, -0.15) is 0 Å². The normalized spacial score (nSPS) is 12.0. The van der Waals surface area contributed by atoms with Gasteiger partial charge in [0.2, 0.25) is 0 Å². The van der Waals surface area contributed by atoms with Crippen molar-refractivity contribution >= 4 is 101 Å². The summed E-state index contributed by atoms with van der Waals surface area (Å²) in [5.74, 6) is -6.45. The SMILES string of the molecule is C/C(O)=C(/N=Nc1ccc(S(=O)(=O)Nc2ccccc2C(=O)O)cc1O)C(=O)Nc1ccccc1Cl.C/C(O)=C(/N=Nc1ccc(S(=O)(=O)Nc2ccccc2C(=O)O)cc1O)C(=O)Nc1ccccc1Cl.[Co+3]. The van der Waals surface area contributed by atoms with Crippen LogP contribution in [-0.2, 0) is 46.4 Å². The maximum absolute atomic E-state index is 12.7. The van der Waals surface area contributed by atoms with Crippen LogP contribution in [0.5, 0.6) is 11.5 Å². The molecule has 0 radical (unpaired) electrons. The summed E-state index contributed by atoms with van der Waals surface area (Å²) in [6.45, 7) is 2.41. The van der Waals surface area contributed by atoms with Gasteiger partial charge in [-0.25, -0.2) is 26.4 Å². The number of carbonyl (C=O) groups is 4.